The summed E-state index contributed by atoms with van der Waals surface area (Å²) in [5.74, 6) is 0. The van der Waals surface area contributed by atoms with Crippen LogP contribution < -0.4 is 4.90 Å². The summed E-state index contributed by atoms with van der Waals surface area (Å²) in [6.45, 7) is 4.05. The van der Waals surface area contributed by atoms with Crippen molar-refractivity contribution in [1.29, 1.82) is 0 Å². The number of nitrogens with zero attached hydrogens (tertiary/aromatic N) is 1. The van der Waals surface area contributed by atoms with Crippen molar-refractivity contribution in [3.05, 3.63) is 64.1 Å². The van der Waals surface area contributed by atoms with Crippen LogP contribution in [0.2, 0.25) is 0 Å². The third-order valence-corrected chi connectivity index (χ3v) is 3.91. The maximum atomic E-state index is 9.20. The summed E-state index contributed by atoms with van der Waals surface area (Å²) < 4.78 is 0.957. The monoisotopic (exact) mass is 319 g/mol. The average molecular weight is 320 g/mol. The van der Waals surface area contributed by atoms with Gasteiger partial charge in [0.15, 0.2) is 0 Å². The normalized spacial score (nSPS) is 10.5. The van der Waals surface area contributed by atoms with Crippen LogP contribution in [0, 0.1) is 0 Å². The van der Waals surface area contributed by atoms with Gasteiger partial charge in [0.05, 0.1) is 6.61 Å². The molecule has 0 radical (unpaired) electrons. The second kappa shape index (κ2) is 6.73. The molecule has 0 aliphatic heterocycles. The number of aliphatic hydroxyl groups excluding tert-OH is 1. The van der Waals surface area contributed by atoms with Crippen molar-refractivity contribution in [2.75, 3.05) is 11.4 Å². The number of rotatable bonds is 5. The van der Waals surface area contributed by atoms with E-state index in [1.807, 2.05) is 12.1 Å². The highest BCUT2D eigenvalue weighted by Gasteiger charge is 2.07. The number of anilines is 1. The molecule has 0 aliphatic rings. The van der Waals surface area contributed by atoms with E-state index in [0.717, 1.165) is 28.8 Å². The summed E-state index contributed by atoms with van der Waals surface area (Å²) in [7, 11) is 0. The predicted octanol–water partition coefficient (Wildman–Crippen LogP) is 3.97. The molecule has 3 heteroatoms. The Hall–Kier alpha value is -1.32. The van der Waals surface area contributed by atoms with E-state index >= 15 is 0 Å². The Morgan fingerprint density at radius 2 is 1.84 bits per heavy atom. The van der Waals surface area contributed by atoms with E-state index in [9.17, 15) is 5.11 Å². The zero-order chi connectivity index (χ0) is 13.7. The van der Waals surface area contributed by atoms with Gasteiger partial charge in [0, 0.05) is 23.2 Å². The number of aliphatic hydroxyl groups is 1. The van der Waals surface area contributed by atoms with Gasteiger partial charge in [-0.15, -0.1) is 0 Å². The van der Waals surface area contributed by atoms with Crippen LogP contribution in [0.4, 0.5) is 5.69 Å². The molecule has 0 atom stereocenters. The SMILES string of the molecule is CCN(Cc1ccccc1)c1ccc(CO)c(Br)c1. The van der Waals surface area contributed by atoms with Gasteiger partial charge in [0.1, 0.15) is 0 Å². The van der Waals surface area contributed by atoms with Gasteiger partial charge < -0.3 is 10.0 Å². The zero-order valence-electron chi connectivity index (χ0n) is 11.0. The van der Waals surface area contributed by atoms with E-state index < -0.39 is 0 Å². The summed E-state index contributed by atoms with van der Waals surface area (Å²) in [4.78, 5) is 2.31. The molecule has 100 valence electrons. The van der Waals surface area contributed by atoms with Gasteiger partial charge in [-0.1, -0.05) is 52.3 Å². The van der Waals surface area contributed by atoms with Gasteiger partial charge in [-0.2, -0.15) is 0 Å². The Kier molecular flexibility index (Phi) is 5.00. The highest BCUT2D eigenvalue weighted by Crippen LogP contribution is 2.25. The van der Waals surface area contributed by atoms with Gasteiger partial charge >= 0.3 is 0 Å². The van der Waals surface area contributed by atoms with Crippen LogP contribution in [-0.2, 0) is 13.2 Å². The summed E-state index contributed by atoms with van der Waals surface area (Å²) in [5.41, 5.74) is 3.38. The first kappa shape index (κ1) is 14.1. The third kappa shape index (κ3) is 3.58. The molecule has 0 aromatic heterocycles. The Morgan fingerprint density at radius 1 is 1.11 bits per heavy atom. The van der Waals surface area contributed by atoms with Crippen molar-refractivity contribution in [2.45, 2.75) is 20.1 Å². The molecule has 0 amide bonds. The van der Waals surface area contributed by atoms with E-state index in [2.05, 4.69) is 64.2 Å². The Labute approximate surface area is 122 Å². The standard InChI is InChI=1S/C16H18BrNO/c1-2-18(11-13-6-4-3-5-7-13)15-9-8-14(12-19)16(17)10-15/h3-10,19H,2,11-12H2,1H3. The molecule has 0 fully saturated rings. The van der Waals surface area contributed by atoms with Gasteiger partial charge in [-0.3, -0.25) is 0 Å². The fourth-order valence-electron chi connectivity index (χ4n) is 2.05. The number of halogens is 1. The van der Waals surface area contributed by atoms with Crippen LogP contribution in [0.1, 0.15) is 18.1 Å². The van der Waals surface area contributed by atoms with Crippen molar-refractivity contribution < 1.29 is 5.11 Å². The summed E-state index contributed by atoms with van der Waals surface area (Å²) >= 11 is 3.50. The molecule has 0 saturated carbocycles. The molecule has 2 nitrogen and oxygen atoms in total. The highest BCUT2D eigenvalue weighted by molar-refractivity contribution is 9.10. The summed E-state index contributed by atoms with van der Waals surface area (Å²) in [6, 6.07) is 16.5. The number of benzene rings is 2. The lowest BCUT2D eigenvalue weighted by Gasteiger charge is -2.24. The van der Waals surface area contributed by atoms with Crippen LogP contribution >= 0.6 is 15.9 Å². The van der Waals surface area contributed by atoms with Crippen LogP contribution in [0.15, 0.2) is 53.0 Å². The third-order valence-electron chi connectivity index (χ3n) is 3.17. The van der Waals surface area contributed by atoms with Crippen molar-refractivity contribution in [3.63, 3.8) is 0 Å². The smallest absolute Gasteiger partial charge is 0.0692 e. The topological polar surface area (TPSA) is 23.5 Å². The van der Waals surface area contributed by atoms with Crippen molar-refractivity contribution in [2.24, 2.45) is 0 Å². The van der Waals surface area contributed by atoms with E-state index in [1.54, 1.807) is 0 Å². The molecule has 0 saturated heterocycles. The maximum Gasteiger partial charge on any atom is 0.0692 e. The van der Waals surface area contributed by atoms with Gasteiger partial charge in [-0.25, -0.2) is 0 Å². The molecular weight excluding hydrogens is 302 g/mol. The fourth-order valence-corrected chi connectivity index (χ4v) is 2.54. The van der Waals surface area contributed by atoms with Gasteiger partial charge in [0.2, 0.25) is 0 Å². The lowest BCUT2D eigenvalue weighted by Crippen LogP contribution is -2.21. The second-order valence-corrected chi connectivity index (χ2v) is 5.29. The molecule has 19 heavy (non-hydrogen) atoms. The molecule has 2 aromatic rings. The molecule has 0 bridgehead atoms. The Morgan fingerprint density at radius 3 is 2.42 bits per heavy atom. The first-order valence-electron chi connectivity index (χ1n) is 6.42. The Balaban J connectivity index is 2.20. The maximum absolute atomic E-state index is 9.20. The van der Waals surface area contributed by atoms with Crippen LogP contribution in [0.25, 0.3) is 0 Å². The zero-order valence-corrected chi connectivity index (χ0v) is 12.6. The minimum Gasteiger partial charge on any atom is -0.392 e. The van der Waals surface area contributed by atoms with E-state index in [1.165, 1.54) is 5.56 Å². The molecule has 0 heterocycles. The van der Waals surface area contributed by atoms with Crippen molar-refractivity contribution in [3.8, 4) is 0 Å². The van der Waals surface area contributed by atoms with E-state index in [4.69, 9.17) is 0 Å². The molecule has 0 aliphatic carbocycles. The molecule has 0 unspecified atom stereocenters. The minimum atomic E-state index is 0.0612. The molecular formula is C16H18BrNO. The number of hydrogen-bond donors (Lipinski definition) is 1. The van der Waals surface area contributed by atoms with E-state index in [0.29, 0.717) is 0 Å². The molecule has 2 rings (SSSR count). The minimum absolute atomic E-state index is 0.0612. The van der Waals surface area contributed by atoms with Crippen molar-refractivity contribution >= 4 is 21.6 Å². The van der Waals surface area contributed by atoms with Crippen molar-refractivity contribution in [1.82, 2.24) is 0 Å². The molecule has 2 aromatic carbocycles. The van der Waals surface area contributed by atoms with Gasteiger partial charge in [-0.05, 0) is 30.2 Å². The summed E-state index contributed by atoms with van der Waals surface area (Å²) in [6.07, 6.45) is 0. The lowest BCUT2D eigenvalue weighted by molar-refractivity contribution is 0.281. The summed E-state index contributed by atoms with van der Waals surface area (Å²) in [5, 5.41) is 9.20. The number of hydrogen-bond acceptors (Lipinski definition) is 2. The van der Waals surface area contributed by atoms with Gasteiger partial charge in [0.25, 0.3) is 0 Å². The average Bonchev–Trinajstić information content (AvgIpc) is 2.46. The quantitative estimate of drug-likeness (QED) is 0.901. The van der Waals surface area contributed by atoms with Crippen LogP contribution in [0.3, 0.4) is 0 Å². The molecule has 0 spiro atoms. The van der Waals surface area contributed by atoms with Crippen LogP contribution in [-0.4, -0.2) is 11.7 Å². The first-order valence-corrected chi connectivity index (χ1v) is 7.22. The van der Waals surface area contributed by atoms with Crippen LogP contribution in [0.5, 0.6) is 0 Å². The highest BCUT2D eigenvalue weighted by atomic mass is 79.9. The fraction of sp³-hybridized carbons (Fsp3) is 0.250. The second-order valence-electron chi connectivity index (χ2n) is 4.43. The molecule has 1 N–H and O–H groups in total. The lowest BCUT2D eigenvalue weighted by atomic mass is 10.1. The Bertz CT molecular complexity index is 528. The largest absolute Gasteiger partial charge is 0.392 e. The van der Waals surface area contributed by atoms with E-state index in [-0.39, 0.29) is 6.61 Å². The predicted molar refractivity (Wildman–Crippen MR) is 83.2 cm³/mol. The first-order chi connectivity index (χ1) is 9.24.